The number of hydrogen-bond acceptors (Lipinski definition) is 4. The van der Waals surface area contributed by atoms with E-state index in [9.17, 15) is 15.0 Å². The van der Waals surface area contributed by atoms with Gasteiger partial charge in [0.2, 0.25) is 5.78 Å². The molecule has 1 aliphatic heterocycles. The first kappa shape index (κ1) is 17.9. The van der Waals surface area contributed by atoms with Crippen molar-refractivity contribution in [1.82, 2.24) is 0 Å². The normalized spacial score (nSPS) is 25.8. The molecule has 0 spiro atoms. The van der Waals surface area contributed by atoms with Gasteiger partial charge in [0.15, 0.2) is 0 Å². The van der Waals surface area contributed by atoms with Crippen LogP contribution in [-0.2, 0) is 6.42 Å². The quantitative estimate of drug-likeness (QED) is 0.746. The molecule has 1 saturated carbocycles. The molecule has 2 aromatic carbocycles. The number of hydrogen-bond donors (Lipinski definition) is 2. The lowest BCUT2D eigenvalue weighted by molar-refractivity contribution is -0.0822. The van der Waals surface area contributed by atoms with Crippen LogP contribution >= 0.6 is 0 Å². The number of ether oxygens (including phenoxy) is 1. The van der Waals surface area contributed by atoms with Gasteiger partial charge in [-0.3, -0.25) is 4.79 Å². The maximum absolute atomic E-state index is 13.1. The summed E-state index contributed by atoms with van der Waals surface area (Å²) in [6.07, 6.45) is 3.71. The minimum Gasteiger partial charge on any atom is -0.507 e. The van der Waals surface area contributed by atoms with E-state index in [4.69, 9.17) is 4.74 Å². The number of rotatable bonds is 2. The molecular formula is C23H26O4. The Bertz CT molecular complexity index is 900. The fourth-order valence-corrected chi connectivity index (χ4v) is 5.06. The number of phenolic OH excluding ortho intramolecular Hbond substituents is 2. The lowest BCUT2D eigenvalue weighted by atomic mass is 9.59. The number of aromatic hydroxyl groups is 2. The van der Waals surface area contributed by atoms with Gasteiger partial charge in [-0.25, -0.2) is 0 Å². The SMILES string of the molecule is CC1(C)CCC[C@]2(C)Oc3c(c(O)cc(O)c3C(=O)c3ccccc3)C[C@@H]12. The highest BCUT2D eigenvalue weighted by Gasteiger charge is 2.52. The van der Waals surface area contributed by atoms with Crippen LogP contribution in [0.25, 0.3) is 0 Å². The van der Waals surface area contributed by atoms with Gasteiger partial charge in [-0.05, 0) is 38.0 Å². The third kappa shape index (κ3) is 2.78. The van der Waals surface area contributed by atoms with Crippen molar-refractivity contribution in [1.29, 1.82) is 0 Å². The average Bonchev–Trinajstić information content (AvgIpc) is 2.60. The first-order valence-corrected chi connectivity index (χ1v) is 9.59. The third-order valence-corrected chi connectivity index (χ3v) is 6.52. The van der Waals surface area contributed by atoms with E-state index in [1.165, 1.54) is 6.07 Å². The van der Waals surface area contributed by atoms with Crippen LogP contribution in [0.2, 0.25) is 0 Å². The van der Waals surface area contributed by atoms with E-state index in [1.54, 1.807) is 24.3 Å². The molecule has 0 bridgehead atoms. The van der Waals surface area contributed by atoms with E-state index in [0.717, 1.165) is 19.3 Å². The second-order valence-electron chi connectivity index (χ2n) is 8.81. The minimum absolute atomic E-state index is 0.00413. The Labute approximate surface area is 159 Å². The molecule has 2 aromatic rings. The van der Waals surface area contributed by atoms with E-state index in [2.05, 4.69) is 20.8 Å². The van der Waals surface area contributed by atoms with Gasteiger partial charge in [-0.1, -0.05) is 44.2 Å². The minimum atomic E-state index is -0.416. The van der Waals surface area contributed by atoms with Gasteiger partial charge in [0.05, 0.1) is 0 Å². The Morgan fingerprint density at radius 3 is 2.48 bits per heavy atom. The molecule has 2 N–H and O–H groups in total. The fraction of sp³-hybridized carbons (Fsp3) is 0.435. The molecule has 4 rings (SSSR count). The number of carbonyl (C=O) groups excluding carboxylic acids is 1. The van der Waals surface area contributed by atoms with Crippen LogP contribution in [0.5, 0.6) is 17.2 Å². The molecule has 0 aromatic heterocycles. The Kier molecular flexibility index (Phi) is 3.99. The zero-order valence-electron chi connectivity index (χ0n) is 16.1. The summed E-state index contributed by atoms with van der Waals surface area (Å²) in [7, 11) is 0. The first-order valence-electron chi connectivity index (χ1n) is 9.59. The maximum Gasteiger partial charge on any atom is 0.200 e. The second-order valence-corrected chi connectivity index (χ2v) is 8.81. The van der Waals surface area contributed by atoms with Crippen molar-refractivity contribution in [2.75, 3.05) is 0 Å². The molecule has 4 heteroatoms. The molecule has 142 valence electrons. The van der Waals surface area contributed by atoms with E-state index in [0.29, 0.717) is 23.3 Å². The molecule has 0 radical (unpaired) electrons. The van der Waals surface area contributed by atoms with Crippen LogP contribution in [0.3, 0.4) is 0 Å². The number of ketones is 1. The molecule has 27 heavy (non-hydrogen) atoms. The Morgan fingerprint density at radius 2 is 1.78 bits per heavy atom. The number of fused-ring (bicyclic) bond motifs is 2. The molecule has 1 heterocycles. The molecule has 0 unspecified atom stereocenters. The molecule has 4 nitrogen and oxygen atoms in total. The lowest BCUT2D eigenvalue weighted by Crippen LogP contribution is -2.54. The van der Waals surface area contributed by atoms with E-state index in [-0.39, 0.29) is 34.2 Å². The average molecular weight is 366 g/mol. The lowest BCUT2D eigenvalue weighted by Gasteiger charge is -2.53. The van der Waals surface area contributed by atoms with Gasteiger partial charge in [0, 0.05) is 23.1 Å². The van der Waals surface area contributed by atoms with Crippen molar-refractivity contribution in [2.45, 2.75) is 52.1 Å². The summed E-state index contributed by atoms with van der Waals surface area (Å²) in [4.78, 5) is 13.1. The summed E-state index contributed by atoms with van der Waals surface area (Å²) in [5, 5.41) is 21.0. The van der Waals surface area contributed by atoms with Crippen molar-refractivity contribution >= 4 is 5.78 Å². The van der Waals surface area contributed by atoms with Gasteiger partial charge >= 0.3 is 0 Å². The van der Waals surface area contributed by atoms with E-state index >= 15 is 0 Å². The predicted octanol–water partition coefficient (Wildman–Crippen LogP) is 4.85. The van der Waals surface area contributed by atoms with Crippen LogP contribution in [-0.4, -0.2) is 21.6 Å². The van der Waals surface area contributed by atoms with Crippen molar-refractivity contribution in [2.24, 2.45) is 11.3 Å². The Morgan fingerprint density at radius 1 is 1.07 bits per heavy atom. The maximum atomic E-state index is 13.1. The number of benzene rings is 2. The highest BCUT2D eigenvalue weighted by atomic mass is 16.5. The van der Waals surface area contributed by atoms with Crippen molar-refractivity contribution in [3.05, 3.63) is 53.1 Å². The predicted molar refractivity (Wildman–Crippen MR) is 104 cm³/mol. The van der Waals surface area contributed by atoms with Crippen LogP contribution in [0.1, 0.15) is 61.5 Å². The summed E-state index contributed by atoms with van der Waals surface area (Å²) in [6, 6.07) is 10.1. The summed E-state index contributed by atoms with van der Waals surface area (Å²) >= 11 is 0. The molecule has 1 fully saturated rings. The highest BCUT2D eigenvalue weighted by molar-refractivity contribution is 6.13. The monoisotopic (exact) mass is 366 g/mol. The van der Waals surface area contributed by atoms with Crippen LogP contribution < -0.4 is 4.74 Å². The van der Waals surface area contributed by atoms with Gasteiger partial charge < -0.3 is 14.9 Å². The summed E-state index contributed by atoms with van der Waals surface area (Å²) in [6.45, 7) is 6.59. The summed E-state index contributed by atoms with van der Waals surface area (Å²) < 4.78 is 6.45. The zero-order valence-corrected chi connectivity index (χ0v) is 16.1. The largest absolute Gasteiger partial charge is 0.507 e. The first-order chi connectivity index (χ1) is 12.7. The molecule has 0 saturated heterocycles. The molecule has 0 amide bonds. The third-order valence-electron chi connectivity index (χ3n) is 6.52. The number of phenols is 2. The smallest absolute Gasteiger partial charge is 0.200 e. The van der Waals surface area contributed by atoms with Crippen LogP contribution in [0.15, 0.2) is 36.4 Å². The topological polar surface area (TPSA) is 66.8 Å². The number of carbonyl (C=O) groups is 1. The summed E-state index contributed by atoms with van der Waals surface area (Å²) in [5.41, 5.74) is 0.932. The Balaban J connectivity index is 1.87. The van der Waals surface area contributed by atoms with Crippen molar-refractivity contribution in [3.8, 4) is 17.2 Å². The van der Waals surface area contributed by atoms with Gasteiger partial charge in [0.1, 0.15) is 28.4 Å². The van der Waals surface area contributed by atoms with E-state index < -0.39 is 5.60 Å². The fourth-order valence-electron chi connectivity index (χ4n) is 5.06. The standard InChI is InChI=1S/C23H26O4/c1-22(2)10-7-11-23(3)18(22)12-15-16(24)13-17(25)19(21(15)27-23)20(26)14-8-5-4-6-9-14/h4-6,8-9,13,18,24-25H,7,10-12H2,1-3H3/t18-,23-/m0/s1. The van der Waals surface area contributed by atoms with Crippen molar-refractivity contribution in [3.63, 3.8) is 0 Å². The van der Waals surface area contributed by atoms with Crippen LogP contribution in [0, 0.1) is 11.3 Å². The molecular weight excluding hydrogens is 340 g/mol. The zero-order chi connectivity index (χ0) is 19.4. The van der Waals surface area contributed by atoms with Crippen molar-refractivity contribution < 1.29 is 19.7 Å². The Hall–Kier alpha value is -2.49. The summed E-state index contributed by atoms with van der Waals surface area (Å²) in [5.74, 6) is 0.0494. The molecule has 1 aliphatic carbocycles. The second kappa shape index (κ2) is 6.01. The van der Waals surface area contributed by atoms with Gasteiger partial charge in [0.25, 0.3) is 0 Å². The highest BCUT2D eigenvalue weighted by Crippen LogP contribution is 2.56. The molecule has 2 aliphatic rings. The van der Waals surface area contributed by atoms with Gasteiger partial charge in [-0.2, -0.15) is 0 Å². The van der Waals surface area contributed by atoms with Gasteiger partial charge in [-0.15, -0.1) is 0 Å². The molecule has 2 atom stereocenters. The van der Waals surface area contributed by atoms with Crippen LogP contribution in [0.4, 0.5) is 0 Å². The van der Waals surface area contributed by atoms with E-state index in [1.807, 2.05) is 6.07 Å².